The van der Waals surface area contributed by atoms with E-state index in [2.05, 4.69) is 22.5 Å². The number of nitrogens with one attached hydrogen (secondary N) is 2. The third kappa shape index (κ3) is 6.64. The van der Waals surface area contributed by atoms with Gasteiger partial charge in [0.05, 0.1) is 11.4 Å². The first-order valence-corrected chi connectivity index (χ1v) is 8.90. The van der Waals surface area contributed by atoms with Crippen LogP contribution in [0.4, 0.5) is 0 Å². The predicted octanol–water partition coefficient (Wildman–Crippen LogP) is 2.02. The topological polar surface area (TPSA) is 73.8 Å². The largest absolute Gasteiger partial charge is 0.357 e. The SMILES string of the molecule is CCCNC(=NCc1ccccc1S(=O)(=O)N(C)C)NCC.I. The van der Waals surface area contributed by atoms with Gasteiger partial charge in [-0.25, -0.2) is 17.7 Å². The number of benzene rings is 1. The number of hydrogen-bond donors (Lipinski definition) is 2. The van der Waals surface area contributed by atoms with Crippen LogP contribution in [0.15, 0.2) is 34.2 Å². The number of halogens is 1. The molecule has 0 heterocycles. The third-order valence-electron chi connectivity index (χ3n) is 3.03. The Labute approximate surface area is 156 Å². The van der Waals surface area contributed by atoms with Crippen LogP contribution in [-0.4, -0.2) is 45.9 Å². The molecule has 0 atom stereocenters. The molecule has 0 saturated heterocycles. The molecule has 0 aromatic heterocycles. The van der Waals surface area contributed by atoms with E-state index in [9.17, 15) is 8.42 Å². The monoisotopic (exact) mass is 454 g/mol. The van der Waals surface area contributed by atoms with E-state index in [1.165, 1.54) is 18.4 Å². The highest BCUT2D eigenvalue weighted by Gasteiger charge is 2.20. The summed E-state index contributed by atoms with van der Waals surface area (Å²) in [4.78, 5) is 4.77. The van der Waals surface area contributed by atoms with Crippen molar-refractivity contribution in [3.8, 4) is 0 Å². The molecule has 0 fully saturated rings. The molecule has 0 aliphatic rings. The molecular weight excluding hydrogens is 427 g/mol. The number of nitrogens with zero attached hydrogens (tertiary/aromatic N) is 2. The van der Waals surface area contributed by atoms with Crippen molar-refractivity contribution in [2.75, 3.05) is 27.2 Å². The summed E-state index contributed by atoms with van der Waals surface area (Å²) in [6.07, 6.45) is 0.996. The zero-order chi connectivity index (χ0) is 16.6. The van der Waals surface area contributed by atoms with Crippen LogP contribution in [0.5, 0.6) is 0 Å². The van der Waals surface area contributed by atoms with Crippen LogP contribution in [0.1, 0.15) is 25.8 Å². The van der Waals surface area contributed by atoms with Gasteiger partial charge in [-0.15, -0.1) is 24.0 Å². The highest BCUT2D eigenvalue weighted by Crippen LogP contribution is 2.19. The molecule has 0 bridgehead atoms. The smallest absolute Gasteiger partial charge is 0.242 e. The van der Waals surface area contributed by atoms with E-state index in [1.54, 1.807) is 18.2 Å². The fourth-order valence-electron chi connectivity index (χ4n) is 1.83. The van der Waals surface area contributed by atoms with Gasteiger partial charge in [0.25, 0.3) is 0 Å². The lowest BCUT2D eigenvalue weighted by Gasteiger charge is -2.15. The lowest BCUT2D eigenvalue weighted by molar-refractivity contribution is 0.519. The molecule has 2 N–H and O–H groups in total. The minimum absolute atomic E-state index is 0. The van der Waals surface area contributed by atoms with E-state index in [4.69, 9.17) is 0 Å². The van der Waals surface area contributed by atoms with Crippen LogP contribution in [0.25, 0.3) is 0 Å². The molecule has 0 aliphatic carbocycles. The van der Waals surface area contributed by atoms with E-state index in [-0.39, 0.29) is 24.0 Å². The first-order valence-electron chi connectivity index (χ1n) is 7.46. The van der Waals surface area contributed by atoms with Gasteiger partial charge in [0.2, 0.25) is 10.0 Å². The summed E-state index contributed by atoms with van der Waals surface area (Å²) in [6, 6.07) is 6.96. The van der Waals surface area contributed by atoms with Gasteiger partial charge in [-0.05, 0) is 25.0 Å². The molecule has 0 saturated carbocycles. The minimum Gasteiger partial charge on any atom is -0.357 e. The van der Waals surface area contributed by atoms with Crippen molar-refractivity contribution in [1.29, 1.82) is 0 Å². The summed E-state index contributed by atoms with van der Waals surface area (Å²) >= 11 is 0. The number of rotatable bonds is 7. The van der Waals surface area contributed by atoms with Gasteiger partial charge in [-0.1, -0.05) is 25.1 Å². The summed E-state index contributed by atoms with van der Waals surface area (Å²) < 4.78 is 25.9. The lowest BCUT2D eigenvalue weighted by Crippen LogP contribution is -2.37. The molecule has 0 aliphatic heterocycles. The van der Waals surface area contributed by atoms with Crippen LogP contribution in [-0.2, 0) is 16.6 Å². The van der Waals surface area contributed by atoms with Crippen LogP contribution in [0, 0.1) is 0 Å². The Morgan fingerprint density at radius 1 is 1.17 bits per heavy atom. The number of hydrogen-bond acceptors (Lipinski definition) is 3. The van der Waals surface area contributed by atoms with Gasteiger partial charge < -0.3 is 10.6 Å². The van der Waals surface area contributed by atoms with E-state index in [0.717, 1.165) is 19.5 Å². The third-order valence-corrected chi connectivity index (χ3v) is 4.94. The fraction of sp³-hybridized carbons (Fsp3) is 0.533. The normalized spacial score (nSPS) is 12.0. The number of aliphatic imine (C=N–C) groups is 1. The molecule has 0 unspecified atom stereocenters. The minimum atomic E-state index is -3.46. The molecule has 6 nitrogen and oxygen atoms in total. The molecule has 1 aromatic rings. The van der Waals surface area contributed by atoms with E-state index in [0.29, 0.717) is 23.0 Å². The standard InChI is InChI=1S/C15H26N4O2S.HI/c1-5-11-17-15(16-6-2)18-12-13-9-7-8-10-14(13)22(20,21)19(3)4;/h7-10H,5-6,11-12H2,1-4H3,(H2,16,17,18);1H. The van der Waals surface area contributed by atoms with Crippen LogP contribution >= 0.6 is 24.0 Å². The maximum atomic E-state index is 12.3. The van der Waals surface area contributed by atoms with Gasteiger partial charge >= 0.3 is 0 Å². The Kier molecular flexibility index (Phi) is 10.4. The van der Waals surface area contributed by atoms with Crippen molar-refractivity contribution in [2.45, 2.75) is 31.7 Å². The first-order chi connectivity index (χ1) is 10.4. The first kappa shape index (κ1) is 22.1. The quantitative estimate of drug-likeness (QED) is 0.376. The second-order valence-corrected chi connectivity index (χ2v) is 7.14. The maximum Gasteiger partial charge on any atom is 0.242 e. The van der Waals surface area contributed by atoms with E-state index < -0.39 is 10.0 Å². The zero-order valence-electron chi connectivity index (χ0n) is 14.2. The molecule has 1 rings (SSSR count). The Hall–Kier alpha value is -0.870. The van der Waals surface area contributed by atoms with Gasteiger partial charge in [0.1, 0.15) is 0 Å². The Morgan fingerprint density at radius 2 is 1.83 bits per heavy atom. The molecule has 0 spiro atoms. The summed E-state index contributed by atoms with van der Waals surface area (Å²) in [5.74, 6) is 0.696. The Bertz CT molecular complexity index is 603. The summed E-state index contributed by atoms with van der Waals surface area (Å²) in [7, 11) is -0.401. The van der Waals surface area contributed by atoms with Crippen LogP contribution in [0.3, 0.4) is 0 Å². The fourth-order valence-corrected chi connectivity index (χ4v) is 2.94. The highest BCUT2D eigenvalue weighted by molar-refractivity contribution is 14.0. The van der Waals surface area contributed by atoms with Gasteiger partial charge in [0.15, 0.2) is 5.96 Å². The van der Waals surface area contributed by atoms with Gasteiger partial charge in [0, 0.05) is 27.2 Å². The van der Waals surface area contributed by atoms with Gasteiger partial charge in [-0.2, -0.15) is 0 Å². The number of guanidine groups is 1. The summed E-state index contributed by atoms with van der Waals surface area (Å²) in [6.45, 7) is 5.96. The van der Waals surface area contributed by atoms with Crippen LogP contribution < -0.4 is 10.6 Å². The van der Waals surface area contributed by atoms with Gasteiger partial charge in [-0.3, -0.25) is 0 Å². The van der Waals surface area contributed by atoms with Crippen LogP contribution in [0.2, 0.25) is 0 Å². The highest BCUT2D eigenvalue weighted by atomic mass is 127. The van der Waals surface area contributed by atoms with E-state index >= 15 is 0 Å². The number of sulfonamides is 1. The zero-order valence-corrected chi connectivity index (χ0v) is 17.3. The Balaban J connectivity index is 0.00000484. The van der Waals surface area contributed by atoms with Crippen molar-refractivity contribution in [1.82, 2.24) is 14.9 Å². The maximum absolute atomic E-state index is 12.3. The summed E-state index contributed by atoms with van der Waals surface area (Å²) in [5.41, 5.74) is 0.685. The molecule has 1 aromatic carbocycles. The molecule has 132 valence electrons. The summed E-state index contributed by atoms with van der Waals surface area (Å²) in [5, 5.41) is 6.35. The second kappa shape index (κ2) is 10.8. The Morgan fingerprint density at radius 3 is 2.39 bits per heavy atom. The predicted molar refractivity (Wildman–Crippen MR) is 106 cm³/mol. The van der Waals surface area contributed by atoms with Crippen molar-refractivity contribution < 1.29 is 8.42 Å². The average Bonchev–Trinajstić information content (AvgIpc) is 2.50. The molecule has 0 amide bonds. The molecular formula is C15H27IN4O2S. The second-order valence-electron chi connectivity index (χ2n) is 5.02. The molecule has 0 radical (unpaired) electrons. The van der Waals surface area contributed by atoms with Crippen molar-refractivity contribution in [3.63, 3.8) is 0 Å². The van der Waals surface area contributed by atoms with Crippen molar-refractivity contribution >= 4 is 40.0 Å². The van der Waals surface area contributed by atoms with E-state index in [1.807, 2.05) is 13.0 Å². The van der Waals surface area contributed by atoms with Crippen molar-refractivity contribution in [3.05, 3.63) is 29.8 Å². The lowest BCUT2D eigenvalue weighted by atomic mass is 10.2. The van der Waals surface area contributed by atoms with Crippen molar-refractivity contribution in [2.24, 2.45) is 4.99 Å². The molecule has 23 heavy (non-hydrogen) atoms. The average molecular weight is 454 g/mol. The molecule has 8 heteroatoms.